The first-order chi connectivity index (χ1) is 13.3. The van der Waals surface area contributed by atoms with Gasteiger partial charge in [0.15, 0.2) is 5.78 Å². The van der Waals surface area contributed by atoms with E-state index in [1.54, 1.807) is 29.2 Å². The molecule has 146 valence electrons. The van der Waals surface area contributed by atoms with E-state index in [0.29, 0.717) is 35.2 Å². The molecule has 28 heavy (non-hydrogen) atoms. The van der Waals surface area contributed by atoms with Crippen LogP contribution in [-0.4, -0.2) is 41.1 Å². The van der Waals surface area contributed by atoms with Crippen molar-refractivity contribution in [1.29, 1.82) is 0 Å². The van der Waals surface area contributed by atoms with Gasteiger partial charge < -0.3 is 10.2 Å². The molecule has 2 aromatic rings. The third kappa shape index (κ3) is 4.11. The van der Waals surface area contributed by atoms with E-state index in [4.69, 9.17) is 0 Å². The Hall–Kier alpha value is -3.02. The molecular weight excluding hydrogens is 359 g/mol. The lowest BCUT2D eigenvalue weighted by Crippen LogP contribution is -2.38. The zero-order valence-electron chi connectivity index (χ0n) is 16.2. The number of carbonyl (C=O) groups is 3. The summed E-state index contributed by atoms with van der Waals surface area (Å²) in [6, 6.07) is 10.6. The number of amides is 2. The number of likely N-dealkylation sites (tertiary alicyclic amines) is 1. The van der Waals surface area contributed by atoms with Gasteiger partial charge in [0.05, 0.1) is 6.04 Å². The van der Waals surface area contributed by atoms with Crippen molar-refractivity contribution < 1.29 is 18.8 Å². The number of Topliss-reactive ketones (excluding diaryl/α,β-unsaturated/α-hetero) is 1. The maximum absolute atomic E-state index is 14.2. The third-order valence-corrected chi connectivity index (χ3v) is 4.95. The SMILES string of the molecule is CC(=O)c1ccc(F)c(-c2ccc(C(=O)N[C@H]3CC(=O)N(C(C)C)C3)cc2)c1. The summed E-state index contributed by atoms with van der Waals surface area (Å²) in [5.74, 6) is -0.802. The molecule has 1 aliphatic heterocycles. The molecular formula is C22H23FN2O3. The number of hydrogen-bond donors (Lipinski definition) is 1. The van der Waals surface area contributed by atoms with Crippen molar-refractivity contribution in [2.24, 2.45) is 0 Å². The van der Waals surface area contributed by atoms with Crippen LogP contribution in [0.4, 0.5) is 4.39 Å². The molecule has 1 aliphatic rings. The van der Waals surface area contributed by atoms with Crippen molar-refractivity contribution in [3.8, 4) is 11.1 Å². The molecule has 1 heterocycles. The fraction of sp³-hybridized carbons (Fsp3) is 0.318. The van der Waals surface area contributed by atoms with Gasteiger partial charge in [0.25, 0.3) is 5.91 Å². The monoisotopic (exact) mass is 382 g/mol. The van der Waals surface area contributed by atoms with Gasteiger partial charge in [-0.1, -0.05) is 12.1 Å². The Bertz CT molecular complexity index is 922. The Labute approximate surface area is 163 Å². The number of nitrogens with zero attached hydrogens (tertiary/aromatic N) is 1. The van der Waals surface area contributed by atoms with E-state index in [1.807, 2.05) is 13.8 Å². The van der Waals surface area contributed by atoms with Crippen LogP contribution < -0.4 is 5.32 Å². The van der Waals surface area contributed by atoms with Crippen LogP contribution >= 0.6 is 0 Å². The fourth-order valence-corrected chi connectivity index (χ4v) is 3.36. The van der Waals surface area contributed by atoms with E-state index >= 15 is 0 Å². The second-order valence-corrected chi connectivity index (χ2v) is 7.34. The summed E-state index contributed by atoms with van der Waals surface area (Å²) in [7, 11) is 0. The molecule has 0 unspecified atom stereocenters. The molecule has 0 radical (unpaired) electrons. The summed E-state index contributed by atoms with van der Waals surface area (Å²) >= 11 is 0. The zero-order chi connectivity index (χ0) is 20.4. The minimum absolute atomic E-state index is 0.0384. The maximum Gasteiger partial charge on any atom is 0.251 e. The number of hydrogen-bond acceptors (Lipinski definition) is 3. The first-order valence-electron chi connectivity index (χ1n) is 9.27. The summed E-state index contributed by atoms with van der Waals surface area (Å²) in [5.41, 5.74) is 1.76. The van der Waals surface area contributed by atoms with Gasteiger partial charge in [-0.2, -0.15) is 0 Å². The van der Waals surface area contributed by atoms with Gasteiger partial charge >= 0.3 is 0 Å². The fourth-order valence-electron chi connectivity index (χ4n) is 3.36. The average Bonchev–Trinajstić information content (AvgIpc) is 3.02. The van der Waals surface area contributed by atoms with Crippen molar-refractivity contribution in [1.82, 2.24) is 10.2 Å². The van der Waals surface area contributed by atoms with Gasteiger partial charge in [0.2, 0.25) is 5.91 Å². The molecule has 0 aliphatic carbocycles. The van der Waals surface area contributed by atoms with E-state index in [1.165, 1.54) is 25.1 Å². The molecule has 1 atom stereocenters. The Morgan fingerprint density at radius 1 is 1.11 bits per heavy atom. The number of ketones is 1. The molecule has 0 aromatic heterocycles. The van der Waals surface area contributed by atoms with Crippen LogP contribution in [0.2, 0.25) is 0 Å². The number of benzene rings is 2. The third-order valence-electron chi connectivity index (χ3n) is 4.95. The summed E-state index contributed by atoms with van der Waals surface area (Å²) in [5, 5.41) is 2.88. The van der Waals surface area contributed by atoms with Crippen molar-refractivity contribution in [3.05, 3.63) is 59.4 Å². The van der Waals surface area contributed by atoms with Crippen LogP contribution in [0.3, 0.4) is 0 Å². The minimum atomic E-state index is -0.430. The largest absolute Gasteiger partial charge is 0.347 e. The standard InChI is InChI=1S/C22H23FN2O3/c1-13(2)25-12-18(11-21(25)27)24-22(28)16-6-4-15(5-7-16)19-10-17(14(3)26)8-9-20(19)23/h4-10,13,18H,11-12H2,1-3H3,(H,24,28)/t18-/m0/s1. The number of carbonyl (C=O) groups excluding carboxylic acids is 3. The summed E-state index contributed by atoms with van der Waals surface area (Å²) in [6.45, 7) is 5.82. The summed E-state index contributed by atoms with van der Waals surface area (Å²) in [4.78, 5) is 37.7. The highest BCUT2D eigenvalue weighted by atomic mass is 19.1. The highest BCUT2D eigenvalue weighted by molar-refractivity contribution is 5.96. The first-order valence-corrected chi connectivity index (χ1v) is 9.27. The van der Waals surface area contributed by atoms with E-state index in [2.05, 4.69) is 5.32 Å². The van der Waals surface area contributed by atoms with Crippen LogP contribution in [0.25, 0.3) is 11.1 Å². The molecule has 1 fully saturated rings. The molecule has 0 spiro atoms. The van der Waals surface area contributed by atoms with E-state index in [0.717, 1.165) is 0 Å². The number of rotatable bonds is 5. The van der Waals surface area contributed by atoms with Crippen LogP contribution in [0.5, 0.6) is 0 Å². The summed E-state index contributed by atoms with van der Waals surface area (Å²) < 4.78 is 14.2. The number of halogens is 1. The molecule has 2 aromatic carbocycles. The minimum Gasteiger partial charge on any atom is -0.347 e. The highest BCUT2D eigenvalue weighted by Gasteiger charge is 2.32. The molecule has 5 nitrogen and oxygen atoms in total. The lowest BCUT2D eigenvalue weighted by atomic mass is 9.99. The topological polar surface area (TPSA) is 66.5 Å². The zero-order valence-corrected chi connectivity index (χ0v) is 16.2. The molecule has 2 amide bonds. The molecule has 0 saturated carbocycles. The lowest BCUT2D eigenvalue weighted by Gasteiger charge is -2.21. The maximum atomic E-state index is 14.2. The molecule has 1 N–H and O–H groups in total. The Kier molecular flexibility index (Phi) is 5.58. The van der Waals surface area contributed by atoms with Gasteiger partial charge in [-0.05, 0) is 56.7 Å². The van der Waals surface area contributed by atoms with Gasteiger partial charge in [-0.25, -0.2) is 4.39 Å². The quantitative estimate of drug-likeness (QED) is 0.806. The second-order valence-electron chi connectivity index (χ2n) is 7.34. The van der Waals surface area contributed by atoms with Crippen LogP contribution in [0.1, 0.15) is 47.9 Å². The van der Waals surface area contributed by atoms with Crippen LogP contribution in [0, 0.1) is 5.82 Å². The van der Waals surface area contributed by atoms with Gasteiger partial charge in [0, 0.05) is 35.7 Å². The Balaban J connectivity index is 1.73. The van der Waals surface area contributed by atoms with Crippen molar-refractivity contribution >= 4 is 17.6 Å². The summed E-state index contributed by atoms with van der Waals surface area (Å²) in [6.07, 6.45) is 0.297. The van der Waals surface area contributed by atoms with E-state index in [9.17, 15) is 18.8 Å². The number of nitrogens with one attached hydrogen (secondary N) is 1. The smallest absolute Gasteiger partial charge is 0.251 e. The molecule has 6 heteroatoms. The predicted octanol–water partition coefficient (Wildman–Crippen LogP) is 3.43. The van der Waals surface area contributed by atoms with Crippen LogP contribution in [-0.2, 0) is 4.79 Å². The van der Waals surface area contributed by atoms with Gasteiger partial charge in [-0.3, -0.25) is 14.4 Å². The first kappa shape index (κ1) is 19.7. The Morgan fingerprint density at radius 2 is 1.75 bits per heavy atom. The van der Waals surface area contributed by atoms with Crippen molar-refractivity contribution in [3.63, 3.8) is 0 Å². The van der Waals surface area contributed by atoms with E-state index in [-0.39, 0.29) is 29.7 Å². The van der Waals surface area contributed by atoms with Gasteiger partial charge in [-0.15, -0.1) is 0 Å². The second kappa shape index (κ2) is 7.92. The predicted molar refractivity (Wildman–Crippen MR) is 105 cm³/mol. The molecule has 1 saturated heterocycles. The normalized spacial score (nSPS) is 16.5. The van der Waals surface area contributed by atoms with Crippen molar-refractivity contribution in [2.45, 2.75) is 39.3 Å². The molecule has 0 bridgehead atoms. The molecule has 3 rings (SSSR count). The average molecular weight is 382 g/mol. The lowest BCUT2D eigenvalue weighted by molar-refractivity contribution is -0.129. The highest BCUT2D eigenvalue weighted by Crippen LogP contribution is 2.25. The Morgan fingerprint density at radius 3 is 2.32 bits per heavy atom. The van der Waals surface area contributed by atoms with Crippen molar-refractivity contribution in [2.75, 3.05) is 6.54 Å². The van der Waals surface area contributed by atoms with Crippen LogP contribution in [0.15, 0.2) is 42.5 Å². The van der Waals surface area contributed by atoms with E-state index < -0.39 is 5.82 Å². The van der Waals surface area contributed by atoms with Gasteiger partial charge in [0.1, 0.15) is 5.82 Å².